The Hall–Kier alpha value is -1.43. The van der Waals surface area contributed by atoms with E-state index in [0.717, 1.165) is 44.9 Å². The van der Waals surface area contributed by atoms with Crippen LogP contribution in [0.1, 0.15) is 64.7 Å². The number of nitrogens with one attached hydrogen (secondary N) is 1. The molecule has 0 bridgehead atoms. The molecule has 6 heteroatoms. The van der Waals surface area contributed by atoms with Crippen LogP contribution in [0.2, 0.25) is 0 Å². The van der Waals surface area contributed by atoms with E-state index in [0.29, 0.717) is 12.8 Å². The second-order valence-corrected chi connectivity index (χ2v) is 8.78. The van der Waals surface area contributed by atoms with E-state index in [1.807, 2.05) is 0 Å². The molecule has 3 amide bonds. The molecule has 3 aliphatic carbocycles. The van der Waals surface area contributed by atoms with Gasteiger partial charge in [-0.3, -0.25) is 19.3 Å². The van der Waals surface area contributed by atoms with E-state index in [9.17, 15) is 19.5 Å². The van der Waals surface area contributed by atoms with Gasteiger partial charge < -0.3 is 10.4 Å². The first-order valence-electron chi connectivity index (χ1n) is 10.3. The Bertz CT molecular complexity index is 581. The fourth-order valence-electron chi connectivity index (χ4n) is 6.21. The molecule has 1 saturated heterocycles. The highest BCUT2D eigenvalue weighted by Crippen LogP contribution is 2.51. The second-order valence-electron chi connectivity index (χ2n) is 8.78. The van der Waals surface area contributed by atoms with E-state index in [4.69, 9.17) is 0 Å². The summed E-state index contributed by atoms with van der Waals surface area (Å²) in [6.07, 6.45) is 7.01. The lowest BCUT2D eigenvalue weighted by atomic mass is 9.57. The number of hydrogen-bond donors (Lipinski definition) is 2. The van der Waals surface area contributed by atoms with Gasteiger partial charge in [-0.25, -0.2) is 0 Å². The minimum atomic E-state index is -0.348. The van der Waals surface area contributed by atoms with Gasteiger partial charge in [-0.2, -0.15) is 0 Å². The van der Waals surface area contributed by atoms with E-state index in [2.05, 4.69) is 5.32 Å². The van der Waals surface area contributed by atoms with Gasteiger partial charge in [0.2, 0.25) is 17.7 Å². The third-order valence-corrected chi connectivity index (χ3v) is 7.32. The summed E-state index contributed by atoms with van der Waals surface area (Å²) in [5.41, 5.74) is 0. The molecular formula is C20H30N2O4. The van der Waals surface area contributed by atoms with Crippen molar-refractivity contribution in [3.8, 4) is 0 Å². The molecule has 0 radical (unpaired) electrons. The van der Waals surface area contributed by atoms with Gasteiger partial charge in [-0.05, 0) is 63.2 Å². The Kier molecular flexibility index (Phi) is 4.80. The first kappa shape index (κ1) is 18.0. The van der Waals surface area contributed by atoms with Crippen molar-refractivity contribution >= 4 is 17.7 Å². The van der Waals surface area contributed by atoms with Crippen molar-refractivity contribution in [1.29, 1.82) is 0 Å². The minimum Gasteiger partial charge on any atom is -0.393 e. The van der Waals surface area contributed by atoms with E-state index < -0.39 is 0 Å². The van der Waals surface area contributed by atoms with Gasteiger partial charge in [0.25, 0.3) is 0 Å². The number of carbonyl (C=O) groups excluding carboxylic acids is 3. The smallest absolute Gasteiger partial charge is 0.232 e. The molecule has 144 valence electrons. The molecule has 4 aliphatic rings. The number of likely N-dealkylation sites (tertiary alicyclic amines) is 1. The number of aliphatic hydroxyl groups is 1. The highest BCUT2D eigenvalue weighted by Gasteiger charge is 2.56. The van der Waals surface area contributed by atoms with Crippen LogP contribution in [0.5, 0.6) is 0 Å². The van der Waals surface area contributed by atoms with Crippen LogP contribution in [0, 0.1) is 23.7 Å². The molecule has 5 unspecified atom stereocenters. The average Bonchev–Trinajstić information content (AvgIpc) is 2.62. The van der Waals surface area contributed by atoms with Crippen LogP contribution in [0.4, 0.5) is 0 Å². The maximum Gasteiger partial charge on any atom is 0.232 e. The summed E-state index contributed by atoms with van der Waals surface area (Å²) in [5, 5.41) is 13.3. The predicted octanol–water partition coefficient (Wildman–Crippen LogP) is 1.61. The van der Waals surface area contributed by atoms with Gasteiger partial charge in [0.15, 0.2) is 0 Å². The van der Waals surface area contributed by atoms with Crippen molar-refractivity contribution in [3.05, 3.63) is 0 Å². The average molecular weight is 362 g/mol. The fraction of sp³-hybridized carbons (Fsp3) is 0.850. The van der Waals surface area contributed by atoms with Gasteiger partial charge >= 0.3 is 0 Å². The van der Waals surface area contributed by atoms with Crippen molar-refractivity contribution in [3.63, 3.8) is 0 Å². The second kappa shape index (κ2) is 6.95. The number of carbonyl (C=O) groups is 3. The Morgan fingerprint density at radius 3 is 2.27 bits per heavy atom. The van der Waals surface area contributed by atoms with Gasteiger partial charge in [0.1, 0.15) is 0 Å². The van der Waals surface area contributed by atoms with Crippen LogP contribution in [-0.2, 0) is 14.4 Å². The summed E-state index contributed by atoms with van der Waals surface area (Å²) in [7, 11) is 0. The molecule has 1 aliphatic heterocycles. The van der Waals surface area contributed by atoms with Crippen LogP contribution in [0.15, 0.2) is 0 Å². The number of nitrogens with zero attached hydrogens (tertiary/aromatic N) is 1. The molecule has 6 nitrogen and oxygen atoms in total. The summed E-state index contributed by atoms with van der Waals surface area (Å²) in [6.45, 7) is 1.53. The molecule has 4 rings (SSSR count). The lowest BCUT2D eigenvalue weighted by Crippen LogP contribution is -2.63. The van der Waals surface area contributed by atoms with Gasteiger partial charge in [-0.1, -0.05) is 6.42 Å². The number of rotatable bonds is 2. The molecule has 1 heterocycles. The molecule has 0 aromatic heterocycles. The Morgan fingerprint density at radius 2 is 1.62 bits per heavy atom. The fourth-order valence-corrected chi connectivity index (χ4v) is 6.21. The van der Waals surface area contributed by atoms with Crippen LogP contribution in [0.25, 0.3) is 0 Å². The first-order valence-corrected chi connectivity index (χ1v) is 10.3. The highest BCUT2D eigenvalue weighted by molar-refractivity contribution is 6.01. The van der Waals surface area contributed by atoms with Crippen LogP contribution < -0.4 is 5.32 Å². The number of hydrogen-bond acceptors (Lipinski definition) is 4. The summed E-state index contributed by atoms with van der Waals surface area (Å²) >= 11 is 0. The third kappa shape index (κ3) is 2.96. The SMILES string of the molecule is CC(=O)NC1CCC(N2C(=O)C3CCCC4C(O)CCC(C2=O)C34)CC1. The zero-order valence-electron chi connectivity index (χ0n) is 15.5. The number of aliphatic hydroxyl groups excluding tert-OH is 1. The molecule has 2 N–H and O–H groups in total. The molecule has 3 saturated carbocycles. The topological polar surface area (TPSA) is 86.7 Å². The summed E-state index contributed by atoms with van der Waals surface area (Å²) in [4.78, 5) is 39.3. The summed E-state index contributed by atoms with van der Waals surface area (Å²) in [5.74, 6) is 0.0166. The van der Waals surface area contributed by atoms with Crippen LogP contribution in [0.3, 0.4) is 0 Å². The van der Waals surface area contributed by atoms with Crippen molar-refractivity contribution in [1.82, 2.24) is 10.2 Å². The van der Waals surface area contributed by atoms with Crippen molar-refractivity contribution < 1.29 is 19.5 Å². The predicted molar refractivity (Wildman–Crippen MR) is 94.8 cm³/mol. The van der Waals surface area contributed by atoms with Crippen LogP contribution >= 0.6 is 0 Å². The molecular weight excluding hydrogens is 332 g/mol. The van der Waals surface area contributed by atoms with Gasteiger partial charge in [-0.15, -0.1) is 0 Å². The monoisotopic (exact) mass is 362 g/mol. The van der Waals surface area contributed by atoms with Gasteiger partial charge in [0, 0.05) is 30.8 Å². The first-order chi connectivity index (χ1) is 12.5. The number of imide groups is 1. The summed E-state index contributed by atoms with van der Waals surface area (Å²) < 4.78 is 0. The molecule has 5 atom stereocenters. The van der Waals surface area contributed by atoms with Crippen molar-refractivity contribution in [2.24, 2.45) is 23.7 Å². The number of piperidine rings is 1. The quantitative estimate of drug-likeness (QED) is 0.731. The van der Waals surface area contributed by atoms with E-state index in [1.165, 1.54) is 6.92 Å². The maximum atomic E-state index is 13.2. The normalized spacial score (nSPS) is 43.0. The summed E-state index contributed by atoms with van der Waals surface area (Å²) in [6, 6.07) is 0.142. The Balaban J connectivity index is 1.51. The number of amides is 3. The zero-order valence-corrected chi connectivity index (χ0v) is 15.5. The lowest BCUT2D eigenvalue weighted by molar-refractivity contribution is -0.175. The van der Waals surface area contributed by atoms with E-state index in [1.54, 1.807) is 4.90 Å². The Labute approximate surface area is 154 Å². The zero-order chi connectivity index (χ0) is 18.4. The molecule has 0 aromatic carbocycles. The third-order valence-electron chi connectivity index (χ3n) is 7.32. The molecule has 4 fully saturated rings. The Morgan fingerprint density at radius 1 is 0.962 bits per heavy atom. The molecule has 0 aromatic rings. The van der Waals surface area contributed by atoms with Crippen molar-refractivity contribution in [2.75, 3.05) is 0 Å². The minimum absolute atomic E-state index is 0.0121. The van der Waals surface area contributed by atoms with Crippen molar-refractivity contribution in [2.45, 2.75) is 82.9 Å². The van der Waals surface area contributed by atoms with E-state index in [-0.39, 0.29) is 59.6 Å². The van der Waals surface area contributed by atoms with E-state index >= 15 is 0 Å². The highest BCUT2D eigenvalue weighted by atomic mass is 16.3. The largest absolute Gasteiger partial charge is 0.393 e. The maximum absolute atomic E-state index is 13.2. The molecule has 26 heavy (non-hydrogen) atoms. The lowest BCUT2D eigenvalue weighted by Gasteiger charge is -2.53. The standard InChI is InChI=1S/C20H30N2O4/c1-11(23)21-12-5-7-13(8-6-12)22-19(25)15-4-2-3-14-17(24)10-9-16(18(14)15)20(22)26/h12-18,24H,2-10H2,1H3,(H,21,23). The van der Waals surface area contributed by atoms with Gasteiger partial charge in [0.05, 0.1) is 6.10 Å². The van der Waals surface area contributed by atoms with Crippen LogP contribution in [-0.4, -0.2) is 45.9 Å². The molecule has 0 spiro atoms.